The number of rotatable bonds is 1. The minimum Gasteiger partial charge on any atom is -0.454 e. The maximum Gasteiger partial charge on any atom is 0.212 e. The summed E-state index contributed by atoms with van der Waals surface area (Å²) in [4.78, 5) is 4.41. The van der Waals surface area contributed by atoms with Gasteiger partial charge in [0.1, 0.15) is 18.1 Å². The molecule has 0 aliphatic rings. The maximum absolute atomic E-state index is 7.55. The maximum atomic E-state index is 7.55. The van der Waals surface area contributed by atoms with Gasteiger partial charge in [-0.1, -0.05) is 0 Å². The van der Waals surface area contributed by atoms with E-state index >= 15 is 0 Å². The van der Waals surface area contributed by atoms with Gasteiger partial charge in [-0.25, -0.2) is 4.57 Å². The van der Waals surface area contributed by atoms with Crippen LogP contribution in [0.1, 0.15) is 15.2 Å². The molecule has 0 bridgehead atoms. The number of fused-ring (bicyclic) bond motifs is 3. The third-order valence-corrected chi connectivity index (χ3v) is 3.98. The van der Waals surface area contributed by atoms with E-state index in [1.807, 2.05) is 42.8 Å². The van der Waals surface area contributed by atoms with Crippen LogP contribution in [0.5, 0.6) is 0 Å². The molecule has 0 fully saturated rings. The molecule has 0 unspecified atom stereocenters. The lowest BCUT2D eigenvalue weighted by atomic mass is 10.0. The molecule has 0 aliphatic heterocycles. The summed E-state index contributed by atoms with van der Waals surface area (Å²) < 4.78 is 30.4. The summed E-state index contributed by atoms with van der Waals surface area (Å²) in [6.07, 6.45) is 3.42. The van der Waals surface area contributed by atoms with Gasteiger partial charge in [0.05, 0.1) is 5.56 Å². The molecule has 108 valence electrons. The van der Waals surface area contributed by atoms with Crippen molar-refractivity contribution in [3.05, 3.63) is 59.9 Å². The zero-order valence-corrected chi connectivity index (χ0v) is 12.4. The van der Waals surface area contributed by atoms with E-state index in [0.717, 1.165) is 38.9 Å². The number of hydrogen-bond acceptors (Lipinski definition) is 2. The zero-order valence-electron chi connectivity index (χ0n) is 15.4. The smallest absolute Gasteiger partial charge is 0.212 e. The molecule has 0 saturated heterocycles. The zero-order chi connectivity index (χ0) is 17.8. The third kappa shape index (κ3) is 1.90. The monoisotopic (exact) mass is 292 g/mol. The van der Waals surface area contributed by atoms with E-state index < -0.39 is 6.85 Å². The van der Waals surface area contributed by atoms with Gasteiger partial charge in [0, 0.05) is 27.3 Å². The molecule has 22 heavy (non-hydrogen) atoms. The molecular formula is C19H17N2O+. The fourth-order valence-electron chi connectivity index (χ4n) is 2.91. The molecule has 3 nitrogen and oxygen atoms in total. The van der Waals surface area contributed by atoms with Crippen molar-refractivity contribution in [1.29, 1.82) is 0 Å². The van der Waals surface area contributed by atoms with E-state index in [0.29, 0.717) is 5.56 Å². The third-order valence-electron chi connectivity index (χ3n) is 3.98. The van der Waals surface area contributed by atoms with Crippen LogP contribution in [-0.4, -0.2) is 4.98 Å². The summed E-state index contributed by atoms with van der Waals surface area (Å²) in [5.41, 5.74) is 5.73. The van der Waals surface area contributed by atoms with Crippen molar-refractivity contribution < 1.29 is 13.1 Å². The van der Waals surface area contributed by atoms with Crippen molar-refractivity contribution in [2.24, 2.45) is 7.05 Å². The molecule has 3 heteroatoms. The Bertz CT molecular complexity index is 1110. The Morgan fingerprint density at radius 3 is 2.91 bits per heavy atom. The molecule has 0 amide bonds. The molecule has 3 heterocycles. The standard InChI is InChI=1S/C19H17N2O/c1-12-6-7-16(21(3)11-12)14-10-18-15(9-13(14)2)19-17(22-18)5-4-8-20-19/h4-11H,1-3H3/q+1/i1D3. The number of hydrogen-bond donors (Lipinski definition) is 0. The highest BCUT2D eigenvalue weighted by atomic mass is 16.3. The van der Waals surface area contributed by atoms with Crippen molar-refractivity contribution in [3.8, 4) is 11.3 Å². The first-order valence-electron chi connectivity index (χ1n) is 8.63. The molecule has 1 aromatic carbocycles. The van der Waals surface area contributed by atoms with Gasteiger partial charge in [-0.2, -0.15) is 0 Å². The Morgan fingerprint density at radius 1 is 1.18 bits per heavy atom. The van der Waals surface area contributed by atoms with Crippen LogP contribution in [0.2, 0.25) is 0 Å². The second-order valence-electron chi connectivity index (χ2n) is 5.53. The van der Waals surface area contributed by atoms with Crippen LogP contribution in [0, 0.1) is 13.8 Å². The summed E-state index contributed by atoms with van der Waals surface area (Å²) in [7, 11) is 1.86. The van der Waals surface area contributed by atoms with Gasteiger partial charge >= 0.3 is 0 Å². The Balaban J connectivity index is 1.92. The topological polar surface area (TPSA) is 29.9 Å². The predicted molar refractivity (Wildman–Crippen MR) is 87.6 cm³/mol. The van der Waals surface area contributed by atoms with E-state index in [1.165, 1.54) is 0 Å². The van der Waals surface area contributed by atoms with Crippen LogP contribution in [-0.2, 0) is 7.05 Å². The minimum atomic E-state index is -2.11. The van der Waals surface area contributed by atoms with Crippen LogP contribution in [0.25, 0.3) is 33.3 Å². The van der Waals surface area contributed by atoms with Gasteiger partial charge < -0.3 is 4.42 Å². The van der Waals surface area contributed by atoms with Crippen molar-refractivity contribution in [3.63, 3.8) is 0 Å². The number of furan rings is 1. The molecule has 0 radical (unpaired) electrons. The van der Waals surface area contributed by atoms with Gasteiger partial charge in [0.15, 0.2) is 11.8 Å². The first-order valence-corrected chi connectivity index (χ1v) is 7.13. The Labute approximate surface area is 133 Å². The van der Waals surface area contributed by atoms with E-state index in [4.69, 9.17) is 8.53 Å². The molecule has 3 aromatic heterocycles. The molecule has 0 N–H and O–H groups in total. The molecule has 0 aliphatic carbocycles. The number of nitrogens with zero attached hydrogens (tertiary/aromatic N) is 2. The summed E-state index contributed by atoms with van der Waals surface area (Å²) in [5, 5.41) is 0.985. The largest absolute Gasteiger partial charge is 0.454 e. The Hall–Kier alpha value is -2.68. The van der Waals surface area contributed by atoms with Gasteiger partial charge in [0.2, 0.25) is 5.69 Å². The quantitative estimate of drug-likeness (QED) is 0.495. The SMILES string of the molecule is [2H]C([2H])([2H])c1ccc(-c2cc3oc4cccnc4c3cc2C)[n+](C)c1. The van der Waals surface area contributed by atoms with Crippen molar-refractivity contribution in [2.75, 3.05) is 0 Å². The minimum absolute atomic E-state index is 0.324. The Kier molecular flexibility index (Phi) is 2.15. The van der Waals surface area contributed by atoms with Gasteiger partial charge in [-0.15, -0.1) is 0 Å². The average molecular weight is 292 g/mol. The van der Waals surface area contributed by atoms with E-state index in [1.54, 1.807) is 18.5 Å². The predicted octanol–water partition coefficient (Wildman–Crippen LogP) is 4.09. The fourth-order valence-corrected chi connectivity index (χ4v) is 2.91. The first kappa shape index (κ1) is 10.1. The number of aryl methyl sites for hydroxylation is 3. The number of aromatic nitrogens is 2. The fraction of sp³-hybridized carbons (Fsp3) is 0.158. The number of benzene rings is 1. The van der Waals surface area contributed by atoms with E-state index in [9.17, 15) is 0 Å². The van der Waals surface area contributed by atoms with Crippen LogP contribution in [0.15, 0.2) is 53.2 Å². The highest BCUT2D eigenvalue weighted by Crippen LogP contribution is 2.32. The van der Waals surface area contributed by atoms with E-state index in [2.05, 4.69) is 11.1 Å². The van der Waals surface area contributed by atoms with Gasteiger partial charge in [-0.05, 0) is 49.7 Å². The van der Waals surface area contributed by atoms with Crippen molar-refractivity contribution in [2.45, 2.75) is 13.8 Å². The first-order chi connectivity index (χ1) is 11.8. The molecule has 4 aromatic rings. The lowest BCUT2D eigenvalue weighted by Crippen LogP contribution is -2.31. The average Bonchev–Trinajstić information content (AvgIpc) is 2.91. The molecule has 0 saturated carbocycles. The van der Waals surface area contributed by atoms with Crippen molar-refractivity contribution in [1.82, 2.24) is 4.98 Å². The normalized spacial score (nSPS) is 14.0. The van der Waals surface area contributed by atoms with Gasteiger partial charge in [-0.3, -0.25) is 4.98 Å². The van der Waals surface area contributed by atoms with Crippen LogP contribution in [0.3, 0.4) is 0 Å². The van der Waals surface area contributed by atoms with E-state index in [-0.39, 0.29) is 0 Å². The molecular weight excluding hydrogens is 272 g/mol. The highest BCUT2D eigenvalue weighted by Gasteiger charge is 2.16. The summed E-state index contributed by atoms with van der Waals surface area (Å²) in [6, 6.07) is 11.3. The highest BCUT2D eigenvalue weighted by molar-refractivity contribution is 6.03. The summed E-state index contributed by atoms with van der Waals surface area (Å²) in [6.45, 7) is -0.0755. The molecule has 4 rings (SSSR count). The van der Waals surface area contributed by atoms with Crippen LogP contribution < -0.4 is 4.57 Å². The molecule has 0 atom stereocenters. The van der Waals surface area contributed by atoms with Crippen LogP contribution >= 0.6 is 0 Å². The summed E-state index contributed by atoms with van der Waals surface area (Å²) in [5.74, 6) is 0. The molecule has 0 spiro atoms. The van der Waals surface area contributed by atoms with Crippen molar-refractivity contribution >= 4 is 22.1 Å². The second-order valence-corrected chi connectivity index (χ2v) is 5.53. The second kappa shape index (κ2) is 4.67. The Morgan fingerprint density at radius 2 is 2.09 bits per heavy atom. The summed E-state index contributed by atoms with van der Waals surface area (Å²) >= 11 is 0. The van der Waals surface area contributed by atoms with Gasteiger partial charge in [0.25, 0.3) is 0 Å². The lowest BCUT2D eigenvalue weighted by molar-refractivity contribution is -0.660. The van der Waals surface area contributed by atoms with Crippen LogP contribution in [0.4, 0.5) is 0 Å². The lowest BCUT2D eigenvalue weighted by Gasteiger charge is -2.05. The number of pyridine rings is 2.